The predicted octanol–water partition coefficient (Wildman–Crippen LogP) is 2.44. The summed E-state index contributed by atoms with van der Waals surface area (Å²) >= 11 is 0. The summed E-state index contributed by atoms with van der Waals surface area (Å²) < 4.78 is 41.9. The lowest BCUT2D eigenvalue weighted by Gasteiger charge is -2.14. The van der Waals surface area contributed by atoms with Crippen LogP contribution < -0.4 is 19.5 Å². The molecule has 2 aromatic carbocycles. The van der Waals surface area contributed by atoms with Crippen LogP contribution in [-0.4, -0.2) is 43.5 Å². The smallest absolute Gasteiger partial charge is 0.414 e. The van der Waals surface area contributed by atoms with Crippen LogP contribution in [0.25, 0.3) is 0 Å². The maximum Gasteiger partial charge on any atom is 0.414 e. The topological polar surface area (TPSA) is 114 Å². The molecule has 0 aliphatic carbocycles. The molecule has 0 saturated heterocycles. The first-order chi connectivity index (χ1) is 13.7. The molecule has 3 N–H and O–H groups in total. The molecule has 0 radical (unpaired) electrons. The second kappa shape index (κ2) is 11.4. The van der Waals surface area contributed by atoms with Gasteiger partial charge in [-0.2, -0.15) is 0 Å². The highest BCUT2D eigenvalue weighted by Gasteiger charge is 2.13. The van der Waals surface area contributed by atoms with Crippen LogP contribution in [0.1, 0.15) is 11.1 Å². The van der Waals surface area contributed by atoms with Gasteiger partial charge in [-0.1, -0.05) is 6.07 Å². The van der Waals surface area contributed by atoms with E-state index in [0.29, 0.717) is 35.9 Å². The molecule has 2 aromatic rings. The number of benzene rings is 2. The third kappa shape index (κ3) is 7.26. The molecule has 0 atom stereocenters. The summed E-state index contributed by atoms with van der Waals surface area (Å²) in [4.78, 5) is 18.2. The van der Waals surface area contributed by atoms with Gasteiger partial charge in [0.15, 0.2) is 23.1 Å². The van der Waals surface area contributed by atoms with Crippen LogP contribution in [0, 0.1) is 11.6 Å². The number of ether oxygens (including phenoxy) is 3. The summed E-state index contributed by atoms with van der Waals surface area (Å²) in [7, 11) is 4.65. The third-order valence-corrected chi connectivity index (χ3v) is 3.55. The van der Waals surface area contributed by atoms with Gasteiger partial charge in [0.25, 0.3) is 0 Å². The molecule has 0 amide bonds. The Bertz CT molecular complexity index is 821. The Morgan fingerprint density at radius 2 is 1.34 bits per heavy atom. The minimum absolute atomic E-state index is 0.411. The first-order valence-corrected chi connectivity index (χ1v) is 8.13. The van der Waals surface area contributed by atoms with Crippen molar-refractivity contribution in [2.24, 2.45) is 0 Å². The van der Waals surface area contributed by atoms with Crippen molar-refractivity contribution in [2.45, 2.75) is 13.1 Å². The number of carboxylic acid groups (broad SMARTS) is 2. The molecule has 8 nitrogen and oxygen atoms in total. The molecular weight excluding hydrogens is 392 g/mol. The van der Waals surface area contributed by atoms with Crippen LogP contribution in [-0.2, 0) is 22.7 Å². The normalized spacial score (nSPS) is 9.83. The van der Waals surface area contributed by atoms with E-state index in [1.807, 2.05) is 12.1 Å². The molecule has 0 spiro atoms. The van der Waals surface area contributed by atoms with E-state index in [2.05, 4.69) is 5.32 Å². The number of nitrogens with one attached hydrogen (secondary N) is 1. The standard InChI is InChI=1S/C17H19F2NO3.C2H2O4/c1-21-15-7-12(8-16(22-2)17(15)23-3)10-20-9-11-4-5-13(18)14(19)6-11;3-1(4)2(5)6/h4-8,20H,9-10H2,1-3H3;(H,3,4)(H,5,6). The summed E-state index contributed by atoms with van der Waals surface area (Å²) in [5.41, 5.74) is 1.58. The van der Waals surface area contributed by atoms with E-state index >= 15 is 0 Å². The van der Waals surface area contributed by atoms with Crippen LogP contribution in [0.15, 0.2) is 30.3 Å². The number of rotatable bonds is 7. The summed E-state index contributed by atoms with van der Waals surface area (Å²) in [6.45, 7) is 0.920. The lowest BCUT2D eigenvalue weighted by Crippen LogP contribution is -2.13. The zero-order valence-corrected chi connectivity index (χ0v) is 16.0. The van der Waals surface area contributed by atoms with Crippen LogP contribution in [0.4, 0.5) is 8.78 Å². The van der Waals surface area contributed by atoms with Gasteiger partial charge in [-0.25, -0.2) is 18.4 Å². The number of methoxy groups -OCH3 is 3. The van der Waals surface area contributed by atoms with Crippen LogP contribution >= 0.6 is 0 Å². The minimum Gasteiger partial charge on any atom is -0.493 e. The van der Waals surface area contributed by atoms with Gasteiger partial charge in [-0.15, -0.1) is 0 Å². The number of carbonyl (C=O) groups is 2. The van der Waals surface area contributed by atoms with Gasteiger partial charge in [0, 0.05) is 13.1 Å². The fourth-order valence-electron chi connectivity index (χ4n) is 2.24. The van der Waals surface area contributed by atoms with Gasteiger partial charge >= 0.3 is 11.9 Å². The lowest BCUT2D eigenvalue weighted by molar-refractivity contribution is -0.159. The Labute approximate surface area is 165 Å². The Balaban J connectivity index is 0.000000612. The molecule has 0 aromatic heterocycles. The Morgan fingerprint density at radius 3 is 1.76 bits per heavy atom. The number of hydrogen-bond acceptors (Lipinski definition) is 6. The number of aliphatic carboxylic acids is 2. The minimum atomic E-state index is -1.82. The van der Waals surface area contributed by atoms with E-state index in [1.165, 1.54) is 6.07 Å². The van der Waals surface area contributed by atoms with Crippen molar-refractivity contribution in [2.75, 3.05) is 21.3 Å². The molecule has 2 rings (SSSR count). The van der Waals surface area contributed by atoms with Crippen molar-refractivity contribution in [3.63, 3.8) is 0 Å². The number of carboxylic acids is 2. The zero-order valence-electron chi connectivity index (χ0n) is 16.0. The average Bonchev–Trinajstić information content (AvgIpc) is 2.70. The molecular formula is C19H21F2NO7. The Hall–Kier alpha value is -3.40. The largest absolute Gasteiger partial charge is 0.493 e. The summed E-state index contributed by atoms with van der Waals surface area (Å²) in [6, 6.07) is 7.50. The van der Waals surface area contributed by atoms with Gasteiger partial charge in [-0.3, -0.25) is 0 Å². The second-order valence-electron chi connectivity index (χ2n) is 5.50. The van der Waals surface area contributed by atoms with Gasteiger partial charge in [0.1, 0.15) is 0 Å². The van der Waals surface area contributed by atoms with E-state index in [4.69, 9.17) is 34.0 Å². The van der Waals surface area contributed by atoms with Crippen molar-refractivity contribution in [1.29, 1.82) is 0 Å². The second-order valence-corrected chi connectivity index (χ2v) is 5.50. The van der Waals surface area contributed by atoms with Crippen LogP contribution in [0.3, 0.4) is 0 Å². The summed E-state index contributed by atoms with van der Waals surface area (Å²) in [6.07, 6.45) is 0. The Morgan fingerprint density at radius 1 is 0.828 bits per heavy atom. The van der Waals surface area contributed by atoms with Gasteiger partial charge in [0.2, 0.25) is 5.75 Å². The monoisotopic (exact) mass is 413 g/mol. The molecule has 10 heteroatoms. The maximum absolute atomic E-state index is 13.2. The zero-order chi connectivity index (χ0) is 22.0. The average molecular weight is 413 g/mol. The number of hydrogen-bond donors (Lipinski definition) is 3. The fourth-order valence-corrected chi connectivity index (χ4v) is 2.24. The molecule has 0 bridgehead atoms. The molecule has 0 aliphatic heterocycles. The maximum atomic E-state index is 13.2. The highest BCUT2D eigenvalue weighted by atomic mass is 19.2. The summed E-state index contributed by atoms with van der Waals surface area (Å²) in [5.74, 6) is -3.69. The van der Waals surface area contributed by atoms with Crippen molar-refractivity contribution in [1.82, 2.24) is 5.32 Å². The van der Waals surface area contributed by atoms with Gasteiger partial charge < -0.3 is 29.7 Å². The van der Waals surface area contributed by atoms with E-state index in [-0.39, 0.29) is 0 Å². The van der Waals surface area contributed by atoms with Crippen molar-refractivity contribution < 1.29 is 42.8 Å². The Kier molecular flexibility index (Phi) is 9.33. The summed E-state index contributed by atoms with van der Waals surface area (Å²) in [5, 5.41) is 17.9. The molecule has 0 unspecified atom stereocenters. The van der Waals surface area contributed by atoms with Crippen LogP contribution in [0.2, 0.25) is 0 Å². The first-order valence-electron chi connectivity index (χ1n) is 8.13. The SMILES string of the molecule is COc1cc(CNCc2ccc(F)c(F)c2)cc(OC)c1OC.O=C(O)C(=O)O. The molecule has 0 heterocycles. The van der Waals surface area contributed by atoms with Crippen molar-refractivity contribution >= 4 is 11.9 Å². The highest BCUT2D eigenvalue weighted by molar-refractivity contribution is 6.27. The van der Waals surface area contributed by atoms with Crippen LogP contribution in [0.5, 0.6) is 17.2 Å². The third-order valence-electron chi connectivity index (χ3n) is 3.55. The van der Waals surface area contributed by atoms with Gasteiger partial charge in [-0.05, 0) is 35.4 Å². The fraction of sp³-hybridized carbons (Fsp3) is 0.263. The molecule has 0 saturated carbocycles. The quantitative estimate of drug-likeness (QED) is 0.593. The first kappa shape index (κ1) is 23.6. The lowest BCUT2D eigenvalue weighted by atomic mass is 10.1. The molecule has 0 fully saturated rings. The van der Waals surface area contributed by atoms with E-state index in [9.17, 15) is 8.78 Å². The highest BCUT2D eigenvalue weighted by Crippen LogP contribution is 2.38. The van der Waals surface area contributed by atoms with Crippen molar-refractivity contribution in [3.8, 4) is 17.2 Å². The van der Waals surface area contributed by atoms with E-state index in [0.717, 1.165) is 11.6 Å². The predicted molar refractivity (Wildman–Crippen MR) is 98.3 cm³/mol. The number of halogens is 2. The van der Waals surface area contributed by atoms with Gasteiger partial charge in [0.05, 0.1) is 21.3 Å². The molecule has 0 aliphatic rings. The molecule has 29 heavy (non-hydrogen) atoms. The van der Waals surface area contributed by atoms with Crippen molar-refractivity contribution in [3.05, 3.63) is 53.1 Å². The molecule has 158 valence electrons. The van der Waals surface area contributed by atoms with E-state index < -0.39 is 23.6 Å². The van der Waals surface area contributed by atoms with E-state index in [1.54, 1.807) is 27.4 Å².